The van der Waals surface area contributed by atoms with Crippen molar-refractivity contribution in [2.24, 2.45) is 14.1 Å². The summed E-state index contributed by atoms with van der Waals surface area (Å²) in [6.07, 6.45) is 8.21. The second-order valence-electron chi connectivity index (χ2n) is 10.7. The lowest BCUT2D eigenvalue weighted by Crippen LogP contribution is -2.29. The number of nitrogens with zero attached hydrogens (tertiary/aromatic N) is 4. The van der Waals surface area contributed by atoms with Crippen LogP contribution < -0.4 is 19.8 Å². The fourth-order valence-corrected chi connectivity index (χ4v) is 5.53. The number of aromatic nitrogens is 4. The van der Waals surface area contributed by atoms with E-state index >= 15 is 0 Å². The van der Waals surface area contributed by atoms with Gasteiger partial charge in [-0.1, -0.05) is 12.1 Å². The minimum atomic E-state index is -0.244. The molecule has 3 aromatic carbocycles. The molecule has 0 aliphatic rings. The van der Waals surface area contributed by atoms with E-state index in [2.05, 4.69) is 53.1 Å². The Bertz CT molecular complexity index is 2000. The van der Waals surface area contributed by atoms with Gasteiger partial charge in [-0.15, -0.1) is 0 Å². The van der Waals surface area contributed by atoms with Gasteiger partial charge in [-0.2, -0.15) is 0 Å². The molecule has 0 unspecified atom stereocenters. The molecule has 0 fully saturated rings. The van der Waals surface area contributed by atoms with E-state index in [1.807, 2.05) is 99.3 Å². The van der Waals surface area contributed by atoms with Crippen LogP contribution in [-0.2, 0) is 14.1 Å². The Kier molecular flexibility index (Phi) is 6.71. The first-order valence-electron chi connectivity index (χ1n) is 14.3. The molecular formula is C36H30N6O2+2. The highest BCUT2D eigenvalue weighted by atomic mass is 16.2. The van der Waals surface area contributed by atoms with Crippen molar-refractivity contribution in [3.8, 4) is 22.5 Å². The summed E-state index contributed by atoms with van der Waals surface area (Å²) in [6, 6.07) is 34.3. The molecule has 0 saturated heterocycles. The predicted octanol–water partition coefficient (Wildman–Crippen LogP) is 5.68. The van der Waals surface area contributed by atoms with Gasteiger partial charge >= 0.3 is 0 Å². The van der Waals surface area contributed by atoms with E-state index in [1.165, 1.54) is 0 Å². The maximum atomic E-state index is 12.9. The number of hydrogen-bond donors (Lipinski definition) is 2. The third-order valence-electron chi connectivity index (χ3n) is 7.95. The summed E-state index contributed by atoms with van der Waals surface area (Å²) in [7, 11) is 4.07. The molecule has 7 aromatic rings. The molecular weight excluding hydrogens is 548 g/mol. The van der Waals surface area contributed by atoms with Crippen LogP contribution in [0.25, 0.3) is 33.8 Å². The van der Waals surface area contributed by atoms with Crippen LogP contribution >= 0.6 is 0 Å². The van der Waals surface area contributed by atoms with Gasteiger partial charge < -0.3 is 10.6 Å². The molecule has 0 bridgehead atoms. The van der Waals surface area contributed by atoms with Crippen LogP contribution in [0.3, 0.4) is 0 Å². The monoisotopic (exact) mass is 578 g/mol. The third kappa shape index (κ3) is 4.98. The van der Waals surface area contributed by atoms with Gasteiger partial charge in [0.05, 0.1) is 26.5 Å². The molecule has 4 aromatic heterocycles. The summed E-state index contributed by atoms with van der Waals surface area (Å²) < 4.78 is 8.42. The third-order valence-corrected chi connectivity index (χ3v) is 7.95. The number of amides is 2. The highest BCUT2D eigenvalue weighted by molar-refractivity contribution is 6.07. The molecule has 0 radical (unpaired) electrons. The van der Waals surface area contributed by atoms with E-state index in [9.17, 15) is 9.59 Å². The van der Waals surface area contributed by atoms with Crippen molar-refractivity contribution in [2.75, 3.05) is 10.6 Å². The molecule has 4 heterocycles. The van der Waals surface area contributed by atoms with Gasteiger partial charge in [-0.05, 0) is 84.9 Å². The van der Waals surface area contributed by atoms with Crippen molar-refractivity contribution in [1.82, 2.24) is 8.80 Å². The fourth-order valence-electron chi connectivity index (χ4n) is 5.53. The molecule has 8 heteroatoms. The molecule has 7 rings (SSSR count). The standard InChI is InChI=1S/C36H28N6O2/c1-39-31(23-41-21-5-3-7-33(39)41)25-13-17-29(18-14-25)37-35(43)27-9-11-28(12-10-27)36(44)38-30-19-15-26(16-20-30)32-24-42-22-6-4-8-34(42)40(32)2/h3-24H,1-2H3/p+2. The number of imidazole rings is 2. The highest BCUT2D eigenvalue weighted by Crippen LogP contribution is 2.22. The van der Waals surface area contributed by atoms with Gasteiger partial charge in [0.2, 0.25) is 0 Å². The zero-order chi connectivity index (χ0) is 30.2. The van der Waals surface area contributed by atoms with Crippen molar-refractivity contribution in [2.45, 2.75) is 0 Å². The predicted molar refractivity (Wildman–Crippen MR) is 170 cm³/mol. The van der Waals surface area contributed by atoms with Gasteiger partial charge in [0.1, 0.15) is 12.4 Å². The molecule has 2 N–H and O–H groups in total. The lowest BCUT2D eigenvalue weighted by Gasteiger charge is -2.08. The SMILES string of the molecule is C[n+]1c(-c2ccc(NC(=O)c3ccc(C(=O)Nc4ccc(-c5cn6ccccc6[n+]5C)cc4)cc3)cc2)cn2ccccc21. The fraction of sp³-hybridized carbons (Fsp3) is 0.0556. The van der Waals surface area contributed by atoms with Crippen LogP contribution in [0.15, 0.2) is 134 Å². The number of hydrogen-bond acceptors (Lipinski definition) is 2. The van der Waals surface area contributed by atoms with Crippen LogP contribution in [0.5, 0.6) is 0 Å². The number of rotatable bonds is 6. The van der Waals surface area contributed by atoms with E-state index in [0.29, 0.717) is 22.5 Å². The number of benzene rings is 3. The van der Waals surface area contributed by atoms with E-state index in [1.54, 1.807) is 24.3 Å². The molecule has 2 amide bonds. The Morgan fingerprint density at radius 3 is 1.27 bits per heavy atom. The van der Waals surface area contributed by atoms with Crippen molar-refractivity contribution in [3.05, 3.63) is 145 Å². The number of anilines is 2. The first-order valence-corrected chi connectivity index (χ1v) is 14.3. The van der Waals surface area contributed by atoms with Crippen molar-refractivity contribution in [3.63, 3.8) is 0 Å². The van der Waals surface area contributed by atoms with Crippen LogP contribution in [-0.4, -0.2) is 20.6 Å². The zero-order valence-corrected chi connectivity index (χ0v) is 24.3. The number of aryl methyl sites for hydroxylation is 2. The number of carbonyl (C=O) groups is 2. The average molecular weight is 579 g/mol. The summed E-state index contributed by atoms with van der Waals surface area (Å²) in [5.41, 5.74) is 8.73. The summed E-state index contributed by atoms with van der Waals surface area (Å²) >= 11 is 0. The molecule has 0 saturated carbocycles. The first kappa shape index (κ1) is 26.9. The topological polar surface area (TPSA) is 74.8 Å². The van der Waals surface area contributed by atoms with E-state index in [4.69, 9.17) is 0 Å². The first-order chi connectivity index (χ1) is 21.4. The van der Waals surface area contributed by atoms with E-state index in [-0.39, 0.29) is 11.8 Å². The quantitative estimate of drug-likeness (QED) is 0.249. The summed E-state index contributed by atoms with van der Waals surface area (Å²) in [5, 5.41) is 5.89. The lowest BCUT2D eigenvalue weighted by molar-refractivity contribution is -0.633. The molecule has 8 nitrogen and oxygen atoms in total. The van der Waals surface area contributed by atoms with Crippen LogP contribution in [0.1, 0.15) is 20.7 Å². The molecule has 0 spiro atoms. The van der Waals surface area contributed by atoms with Crippen LogP contribution in [0.4, 0.5) is 11.4 Å². The Balaban J connectivity index is 0.987. The van der Waals surface area contributed by atoms with Crippen molar-refractivity contribution < 1.29 is 18.7 Å². The van der Waals surface area contributed by atoms with E-state index in [0.717, 1.165) is 33.8 Å². The molecule has 214 valence electrons. The maximum Gasteiger partial charge on any atom is 0.286 e. The van der Waals surface area contributed by atoms with Crippen molar-refractivity contribution in [1.29, 1.82) is 0 Å². The molecule has 0 aliphatic heterocycles. The van der Waals surface area contributed by atoms with Gasteiger partial charge in [-0.25, -0.2) is 17.9 Å². The van der Waals surface area contributed by atoms with Gasteiger partial charge in [0.15, 0.2) is 11.4 Å². The maximum absolute atomic E-state index is 12.9. The lowest BCUT2D eigenvalue weighted by atomic mass is 10.1. The second-order valence-corrected chi connectivity index (χ2v) is 10.7. The minimum Gasteiger partial charge on any atom is -0.322 e. The Hall–Kier alpha value is -6.02. The summed E-state index contributed by atoms with van der Waals surface area (Å²) in [5.74, 6) is -0.487. The molecule has 0 atom stereocenters. The van der Waals surface area contributed by atoms with Gasteiger partial charge in [-0.3, -0.25) is 9.59 Å². The van der Waals surface area contributed by atoms with Crippen LogP contribution in [0, 0.1) is 0 Å². The number of pyridine rings is 2. The van der Waals surface area contributed by atoms with Gasteiger partial charge in [0, 0.05) is 45.8 Å². The Morgan fingerprint density at radius 1 is 0.523 bits per heavy atom. The zero-order valence-electron chi connectivity index (χ0n) is 24.3. The number of nitrogens with one attached hydrogen (secondary N) is 2. The molecule has 44 heavy (non-hydrogen) atoms. The summed E-state index contributed by atoms with van der Waals surface area (Å²) in [6.45, 7) is 0. The highest BCUT2D eigenvalue weighted by Gasteiger charge is 2.17. The Labute approximate surface area is 254 Å². The molecule has 0 aliphatic carbocycles. The number of carbonyl (C=O) groups excluding carboxylic acids is 2. The number of fused-ring (bicyclic) bond motifs is 2. The smallest absolute Gasteiger partial charge is 0.286 e. The van der Waals surface area contributed by atoms with Gasteiger partial charge in [0.25, 0.3) is 23.1 Å². The minimum absolute atomic E-state index is 0.244. The van der Waals surface area contributed by atoms with Crippen LogP contribution in [0.2, 0.25) is 0 Å². The normalized spacial score (nSPS) is 11.1. The van der Waals surface area contributed by atoms with Crippen molar-refractivity contribution >= 4 is 34.5 Å². The van der Waals surface area contributed by atoms with E-state index < -0.39 is 0 Å². The summed E-state index contributed by atoms with van der Waals surface area (Å²) in [4.78, 5) is 25.8. The second kappa shape index (κ2) is 11.0. The largest absolute Gasteiger partial charge is 0.322 e. The average Bonchev–Trinajstić information content (AvgIpc) is 3.58. The Morgan fingerprint density at radius 2 is 0.909 bits per heavy atom.